The first kappa shape index (κ1) is 35.3. The van der Waals surface area contributed by atoms with Crippen LogP contribution >= 0.6 is 11.8 Å². The van der Waals surface area contributed by atoms with Gasteiger partial charge in [0.1, 0.15) is 0 Å². The summed E-state index contributed by atoms with van der Waals surface area (Å²) in [5.41, 5.74) is 16.6. The van der Waals surface area contributed by atoms with Crippen LogP contribution in [0.5, 0.6) is 0 Å². The Morgan fingerprint density at radius 3 is 1.59 bits per heavy atom. The molecular weight excluding hydrogens is 735 g/mol. The van der Waals surface area contributed by atoms with Crippen molar-refractivity contribution >= 4 is 11.8 Å². The number of benzene rings is 7. The van der Waals surface area contributed by atoms with Crippen molar-refractivity contribution in [1.82, 2.24) is 15.0 Å². The van der Waals surface area contributed by atoms with E-state index in [1.165, 1.54) is 48.7 Å². The summed E-state index contributed by atoms with van der Waals surface area (Å²) in [6, 6.07) is 70.0. The standard InChI is InChI=1S/C55H39N3S/c1-54(2)42-22-6-8-24-44(42)55(45-25-9-7-23-43(45)54)46-26-10-11-28-51(46)59-52-34-38(29-30-47(52)55)37-18-14-20-40(32-37)50-35-49(36-16-4-3-5-17-36)57-53(58-50)41-21-15-19-39(33-41)48-27-12-13-31-56-48/h3-35H,1-2H3. The second-order valence-electron chi connectivity index (χ2n) is 16.0. The van der Waals surface area contributed by atoms with Gasteiger partial charge in [-0.2, -0.15) is 0 Å². The summed E-state index contributed by atoms with van der Waals surface area (Å²) in [5.74, 6) is 0.676. The minimum atomic E-state index is -0.445. The third-order valence-electron chi connectivity index (χ3n) is 12.3. The lowest BCUT2D eigenvalue weighted by Gasteiger charge is -2.50. The lowest BCUT2D eigenvalue weighted by Crippen LogP contribution is -2.43. The molecule has 0 bridgehead atoms. The average Bonchev–Trinajstić information content (AvgIpc) is 3.31. The summed E-state index contributed by atoms with van der Waals surface area (Å²) < 4.78 is 0. The van der Waals surface area contributed by atoms with E-state index in [9.17, 15) is 0 Å². The quantitative estimate of drug-likeness (QED) is 0.175. The lowest BCUT2D eigenvalue weighted by atomic mass is 9.54. The van der Waals surface area contributed by atoms with Crippen molar-refractivity contribution < 1.29 is 0 Å². The van der Waals surface area contributed by atoms with Crippen LogP contribution in [-0.4, -0.2) is 15.0 Å². The Bertz CT molecular complexity index is 3010. The molecule has 0 amide bonds. The number of pyridine rings is 1. The summed E-state index contributed by atoms with van der Waals surface area (Å²) in [7, 11) is 0. The molecule has 2 aliphatic rings. The number of hydrogen-bond acceptors (Lipinski definition) is 4. The molecule has 0 radical (unpaired) electrons. The Morgan fingerprint density at radius 2 is 0.881 bits per heavy atom. The summed E-state index contributed by atoms with van der Waals surface area (Å²) in [5, 5.41) is 0. The Morgan fingerprint density at radius 1 is 0.356 bits per heavy atom. The zero-order valence-electron chi connectivity index (χ0n) is 32.8. The Labute approximate surface area is 349 Å². The van der Waals surface area contributed by atoms with E-state index >= 15 is 0 Å². The third kappa shape index (κ3) is 5.70. The zero-order chi connectivity index (χ0) is 39.6. The first-order valence-electron chi connectivity index (χ1n) is 20.2. The number of hydrogen-bond donors (Lipinski definition) is 0. The Kier molecular flexibility index (Phi) is 8.31. The molecule has 2 aromatic heterocycles. The molecule has 1 aliphatic heterocycles. The van der Waals surface area contributed by atoms with Gasteiger partial charge in [0.15, 0.2) is 5.82 Å². The van der Waals surface area contributed by atoms with Crippen LogP contribution in [0.2, 0.25) is 0 Å². The van der Waals surface area contributed by atoms with Gasteiger partial charge in [0.2, 0.25) is 0 Å². The van der Waals surface area contributed by atoms with Gasteiger partial charge in [-0.3, -0.25) is 4.98 Å². The van der Waals surface area contributed by atoms with Crippen molar-refractivity contribution in [3.05, 3.63) is 234 Å². The monoisotopic (exact) mass is 773 g/mol. The highest BCUT2D eigenvalue weighted by atomic mass is 32.2. The van der Waals surface area contributed by atoms with E-state index in [4.69, 9.17) is 9.97 Å². The van der Waals surface area contributed by atoms with Gasteiger partial charge in [-0.15, -0.1) is 0 Å². The van der Waals surface area contributed by atoms with Crippen molar-refractivity contribution in [2.45, 2.75) is 34.5 Å². The molecule has 1 aliphatic carbocycles. The van der Waals surface area contributed by atoms with E-state index < -0.39 is 5.41 Å². The molecule has 7 aromatic carbocycles. The van der Waals surface area contributed by atoms with E-state index in [1.54, 1.807) is 0 Å². The molecule has 9 aromatic rings. The fourth-order valence-corrected chi connectivity index (χ4v) is 10.7. The minimum Gasteiger partial charge on any atom is -0.256 e. The second-order valence-corrected chi connectivity index (χ2v) is 17.1. The molecule has 280 valence electrons. The predicted molar refractivity (Wildman–Crippen MR) is 242 cm³/mol. The molecule has 0 fully saturated rings. The van der Waals surface area contributed by atoms with Crippen LogP contribution < -0.4 is 0 Å². The van der Waals surface area contributed by atoms with E-state index in [2.05, 4.69) is 189 Å². The fourth-order valence-electron chi connectivity index (χ4n) is 9.50. The maximum Gasteiger partial charge on any atom is 0.160 e. The van der Waals surface area contributed by atoms with Gasteiger partial charge < -0.3 is 0 Å². The van der Waals surface area contributed by atoms with E-state index in [1.807, 2.05) is 42.2 Å². The van der Waals surface area contributed by atoms with Crippen molar-refractivity contribution in [2.75, 3.05) is 0 Å². The largest absolute Gasteiger partial charge is 0.256 e. The van der Waals surface area contributed by atoms with Crippen LogP contribution in [0, 0.1) is 0 Å². The molecule has 3 heterocycles. The molecule has 0 atom stereocenters. The highest BCUT2D eigenvalue weighted by Gasteiger charge is 2.52. The van der Waals surface area contributed by atoms with Gasteiger partial charge in [-0.05, 0) is 87.0 Å². The molecule has 0 saturated carbocycles. The van der Waals surface area contributed by atoms with Gasteiger partial charge in [-0.25, -0.2) is 9.97 Å². The molecule has 59 heavy (non-hydrogen) atoms. The smallest absolute Gasteiger partial charge is 0.160 e. The Hall–Kier alpha value is -6.88. The number of nitrogens with zero attached hydrogens (tertiary/aromatic N) is 3. The molecule has 1 spiro atoms. The van der Waals surface area contributed by atoms with Crippen molar-refractivity contribution in [2.24, 2.45) is 0 Å². The summed E-state index contributed by atoms with van der Waals surface area (Å²) in [6.45, 7) is 4.75. The predicted octanol–water partition coefficient (Wildman–Crippen LogP) is 13.7. The number of fused-ring (bicyclic) bond motifs is 8. The van der Waals surface area contributed by atoms with Crippen molar-refractivity contribution in [3.63, 3.8) is 0 Å². The normalized spacial score (nSPS) is 14.1. The maximum atomic E-state index is 5.24. The average molecular weight is 774 g/mol. The molecule has 3 nitrogen and oxygen atoms in total. The number of aromatic nitrogens is 3. The van der Waals surface area contributed by atoms with E-state index in [-0.39, 0.29) is 5.41 Å². The molecule has 0 unspecified atom stereocenters. The maximum absolute atomic E-state index is 5.24. The molecular formula is C55H39N3S. The van der Waals surface area contributed by atoms with Gasteiger partial charge in [-0.1, -0.05) is 177 Å². The molecule has 0 N–H and O–H groups in total. The summed E-state index contributed by atoms with van der Waals surface area (Å²) in [6.07, 6.45) is 1.83. The third-order valence-corrected chi connectivity index (χ3v) is 13.4. The van der Waals surface area contributed by atoms with Crippen LogP contribution in [0.1, 0.15) is 47.2 Å². The molecule has 4 heteroatoms. The van der Waals surface area contributed by atoms with E-state index in [0.29, 0.717) is 5.82 Å². The first-order valence-corrected chi connectivity index (χ1v) is 21.0. The van der Waals surface area contributed by atoms with Gasteiger partial charge in [0.25, 0.3) is 0 Å². The van der Waals surface area contributed by atoms with Crippen LogP contribution in [0.3, 0.4) is 0 Å². The number of rotatable bonds is 5. The van der Waals surface area contributed by atoms with Crippen LogP contribution in [-0.2, 0) is 10.8 Å². The second kappa shape index (κ2) is 13.9. The fraction of sp³-hybridized carbons (Fsp3) is 0.0727. The first-order chi connectivity index (χ1) is 29.0. The topological polar surface area (TPSA) is 38.7 Å². The van der Waals surface area contributed by atoms with Gasteiger partial charge >= 0.3 is 0 Å². The zero-order valence-corrected chi connectivity index (χ0v) is 33.6. The minimum absolute atomic E-state index is 0.137. The molecule has 0 saturated heterocycles. The van der Waals surface area contributed by atoms with Crippen molar-refractivity contribution in [3.8, 4) is 56.3 Å². The van der Waals surface area contributed by atoms with Crippen molar-refractivity contribution in [1.29, 1.82) is 0 Å². The van der Waals surface area contributed by atoms with Crippen LogP contribution in [0.4, 0.5) is 0 Å². The lowest BCUT2D eigenvalue weighted by molar-refractivity contribution is 0.549. The highest BCUT2D eigenvalue weighted by molar-refractivity contribution is 7.99. The van der Waals surface area contributed by atoms with Crippen LogP contribution in [0.25, 0.3) is 56.3 Å². The summed E-state index contributed by atoms with van der Waals surface area (Å²) >= 11 is 1.88. The summed E-state index contributed by atoms with van der Waals surface area (Å²) in [4.78, 5) is 17.5. The van der Waals surface area contributed by atoms with E-state index in [0.717, 1.165) is 44.9 Å². The highest BCUT2D eigenvalue weighted by Crippen LogP contribution is 2.61. The SMILES string of the molecule is CC1(C)c2ccccc2C2(c3ccccc3Sc3cc(-c4cccc(-c5cc(-c6ccccc6)nc(-c6cccc(-c7ccccn7)c6)n5)c4)ccc32)c2ccccc21. The van der Waals surface area contributed by atoms with Crippen LogP contribution in [0.15, 0.2) is 210 Å². The van der Waals surface area contributed by atoms with Gasteiger partial charge in [0.05, 0.1) is 22.5 Å². The molecule has 11 rings (SSSR count). The van der Waals surface area contributed by atoms with Gasteiger partial charge in [0, 0.05) is 43.7 Å². The Balaban J connectivity index is 1.05.